The molecule has 124 valence electrons. The van der Waals surface area contributed by atoms with Crippen LogP contribution < -0.4 is 9.47 Å². The lowest BCUT2D eigenvalue weighted by atomic mass is 10.0. The average Bonchev–Trinajstić information content (AvgIpc) is 3.16. The van der Waals surface area contributed by atoms with Gasteiger partial charge in [0.2, 0.25) is 0 Å². The van der Waals surface area contributed by atoms with Crippen LogP contribution in [-0.2, 0) is 0 Å². The maximum atomic E-state index is 5.26. The van der Waals surface area contributed by atoms with Gasteiger partial charge < -0.3 is 9.47 Å². The highest BCUT2D eigenvalue weighted by molar-refractivity contribution is 5.81. The third-order valence-corrected chi connectivity index (χ3v) is 4.07. The summed E-state index contributed by atoms with van der Waals surface area (Å²) in [4.78, 5) is 8.61. The number of benzene rings is 2. The minimum Gasteiger partial charge on any atom is -0.497 e. The second kappa shape index (κ2) is 6.24. The lowest BCUT2D eigenvalue weighted by Crippen LogP contribution is -2.00. The van der Waals surface area contributed by atoms with E-state index in [-0.39, 0.29) is 0 Å². The lowest BCUT2D eigenvalue weighted by molar-refractivity contribution is 0.414. The summed E-state index contributed by atoms with van der Waals surface area (Å²) in [6, 6.07) is 15.7. The molecule has 0 saturated heterocycles. The summed E-state index contributed by atoms with van der Waals surface area (Å²) in [6.07, 6.45) is 3.33. The minimum absolute atomic E-state index is 0.558. The van der Waals surface area contributed by atoms with Crippen molar-refractivity contribution in [3.8, 4) is 33.9 Å². The van der Waals surface area contributed by atoms with Crippen molar-refractivity contribution in [3.05, 3.63) is 61.1 Å². The zero-order valence-electron chi connectivity index (χ0n) is 13.9. The van der Waals surface area contributed by atoms with E-state index in [1.165, 1.54) is 6.33 Å². The molecule has 2 heterocycles. The SMILES string of the molecule is COc1ccc(-c2cnc3ncnn3c2-c2ccc(OC)cc2)cc1. The van der Waals surface area contributed by atoms with Crippen LogP contribution in [0.2, 0.25) is 0 Å². The average molecular weight is 332 g/mol. The number of nitrogens with zero attached hydrogens (tertiary/aromatic N) is 4. The van der Waals surface area contributed by atoms with Crippen molar-refractivity contribution >= 4 is 5.78 Å². The first-order valence-electron chi connectivity index (χ1n) is 7.78. The van der Waals surface area contributed by atoms with Crippen molar-refractivity contribution < 1.29 is 9.47 Å². The molecule has 6 heteroatoms. The summed E-state index contributed by atoms with van der Waals surface area (Å²) in [5, 5.41) is 4.34. The molecule has 0 bridgehead atoms. The normalized spacial score (nSPS) is 10.8. The molecule has 0 fully saturated rings. The van der Waals surface area contributed by atoms with Crippen LogP contribution in [0.25, 0.3) is 28.2 Å². The second-order valence-electron chi connectivity index (χ2n) is 5.45. The van der Waals surface area contributed by atoms with E-state index in [1.807, 2.05) is 54.7 Å². The summed E-state index contributed by atoms with van der Waals surface area (Å²) < 4.78 is 12.3. The fraction of sp³-hybridized carbons (Fsp3) is 0.105. The van der Waals surface area contributed by atoms with E-state index in [2.05, 4.69) is 15.1 Å². The standard InChI is InChI=1S/C19H16N4O2/c1-24-15-7-3-13(4-8-15)17-11-20-19-21-12-22-23(19)18(17)14-5-9-16(25-2)10-6-14/h3-12H,1-2H3. The Bertz CT molecular complexity index is 1010. The largest absolute Gasteiger partial charge is 0.497 e. The monoisotopic (exact) mass is 332 g/mol. The Labute approximate surface area is 144 Å². The molecule has 0 spiro atoms. The Morgan fingerprint density at radius 2 is 1.36 bits per heavy atom. The second-order valence-corrected chi connectivity index (χ2v) is 5.45. The van der Waals surface area contributed by atoms with Gasteiger partial charge in [0.15, 0.2) is 0 Å². The number of hydrogen-bond donors (Lipinski definition) is 0. The molecule has 0 N–H and O–H groups in total. The number of rotatable bonds is 4. The van der Waals surface area contributed by atoms with Gasteiger partial charge >= 0.3 is 0 Å². The molecule has 4 rings (SSSR count). The van der Waals surface area contributed by atoms with E-state index in [9.17, 15) is 0 Å². The van der Waals surface area contributed by atoms with Crippen LogP contribution in [0, 0.1) is 0 Å². The first kappa shape index (κ1) is 15.1. The van der Waals surface area contributed by atoms with Crippen molar-refractivity contribution in [3.63, 3.8) is 0 Å². The highest BCUT2D eigenvalue weighted by Crippen LogP contribution is 2.33. The van der Waals surface area contributed by atoms with Gasteiger partial charge in [-0.25, -0.2) is 4.98 Å². The van der Waals surface area contributed by atoms with Crippen LogP contribution in [0.3, 0.4) is 0 Å². The first-order chi connectivity index (χ1) is 12.3. The number of hydrogen-bond acceptors (Lipinski definition) is 5. The van der Waals surface area contributed by atoms with Crippen molar-refractivity contribution in [1.29, 1.82) is 0 Å². The van der Waals surface area contributed by atoms with Crippen LogP contribution in [0.5, 0.6) is 11.5 Å². The molecular formula is C19H16N4O2. The molecule has 0 saturated carbocycles. The van der Waals surface area contributed by atoms with Gasteiger partial charge in [0.25, 0.3) is 5.78 Å². The first-order valence-corrected chi connectivity index (χ1v) is 7.78. The van der Waals surface area contributed by atoms with Gasteiger partial charge in [-0.3, -0.25) is 0 Å². The topological polar surface area (TPSA) is 61.5 Å². The van der Waals surface area contributed by atoms with Crippen LogP contribution in [0.4, 0.5) is 0 Å². The molecule has 0 aliphatic heterocycles. The van der Waals surface area contributed by atoms with Crippen LogP contribution in [0.1, 0.15) is 0 Å². The van der Waals surface area contributed by atoms with E-state index in [0.29, 0.717) is 5.78 Å². The molecule has 0 unspecified atom stereocenters. The molecule has 2 aromatic heterocycles. The lowest BCUT2D eigenvalue weighted by Gasteiger charge is -2.12. The van der Waals surface area contributed by atoms with Crippen molar-refractivity contribution in [1.82, 2.24) is 19.6 Å². The Morgan fingerprint density at radius 1 is 0.760 bits per heavy atom. The smallest absolute Gasteiger partial charge is 0.252 e. The summed E-state index contributed by atoms with van der Waals surface area (Å²) >= 11 is 0. The highest BCUT2D eigenvalue weighted by Gasteiger charge is 2.14. The Kier molecular flexibility index (Phi) is 3.78. The van der Waals surface area contributed by atoms with E-state index >= 15 is 0 Å². The zero-order chi connectivity index (χ0) is 17.2. The Hall–Kier alpha value is -3.41. The number of methoxy groups -OCH3 is 2. The van der Waals surface area contributed by atoms with E-state index < -0.39 is 0 Å². The Balaban J connectivity index is 1.93. The van der Waals surface area contributed by atoms with Crippen LogP contribution in [0.15, 0.2) is 61.1 Å². The predicted octanol–water partition coefficient (Wildman–Crippen LogP) is 3.48. The molecule has 25 heavy (non-hydrogen) atoms. The molecule has 0 aliphatic rings. The maximum Gasteiger partial charge on any atom is 0.252 e. The Morgan fingerprint density at radius 3 is 1.96 bits per heavy atom. The fourth-order valence-corrected chi connectivity index (χ4v) is 2.79. The van der Waals surface area contributed by atoms with E-state index in [1.54, 1.807) is 18.7 Å². The van der Waals surface area contributed by atoms with Crippen molar-refractivity contribution in [2.45, 2.75) is 0 Å². The summed E-state index contributed by atoms with van der Waals surface area (Å²) in [6.45, 7) is 0. The van der Waals surface area contributed by atoms with E-state index in [0.717, 1.165) is 33.9 Å². The molecule has 2 aromatic carbocycles. The van der Waals surface area contributed by atoms with Gasteiger partial charge in [0, 0.05) is 17.3 Å². The molecule has 0 aliphatic carbocycles. The van der Waals surface area contributed by atoms with Crippen molar-refractivity contribution in [2.75, 3.05) is 14.2 Å². The summed E-state index contributed by atoms with van der Waals surface area (Å²) in [7, 11) is 3.31. The summed E-state index contributed by atoms with van der Waals surface area (Å²) in [5.74, 6) is 2.17. The maximum absolute atomic E-state index is 5.26. The van der Waals surface area contributed by atoms with Gasteiger partial charge in [-0.15, -0.1) is 0 Å². The molecule has 6 nitrogen and oxygen atoms in total. The number of fused-ring (bicyclic) bond motifs is 1. The van der Waals surface area contributed by atoms with Crippen LogP contribution >= 0.6 is 0 Å². The van der Waals surface area contributed by atoms with Crippen molar-refractivity contribution in [2.24, 2.45) is 0 Å². The van der Waals surface area contributed by atoms with Gasteiger partial charge in [0.1, 0.15) is 17.8 Å². The molecule has 4 aromatic rings. The molecule has 0 atom stereocenters. The fourth-order valence-electron chi connectivity index (χ4n) is 2.79. The number of ether oxygens (including phenoxy) is 2. The molecular weight excluding hydrogens is 316 g/mol. The van der Waals surface area contributed by atoms with Gasteiger partial charge in [0.05, 0.1) is 19.9 Å². The quantitative estimate of drug-likeness (QED) is 0.572. The highest BCUT2D eigenvalue weighted by atomic mass is 16.5. The van der Waals surface area contributed by atoms with E-state index in [4.69, 9.17) is 9.47 Å². The predicted molar refractivity (Wildman–Crippen MR) is 94.8 cm³/mol. The molecule has 0 radical (unpaired) electrons. The summed E-state index contributed by atoms with van der Waals surface area (Å²) in [5.41, 5.74) is 3.92. The van der Waals surface area contributed by atoms with Gasteiger partial charge in [-0.1, -0.05) is 12.1 Å². The zero-order valence-corrected chi connectivity index (χ0v) is 13.9. The number of aromatic nitrogens is 4. The third-order valence-electron chi connectivity index (χ3n) is 4.07. The van der Waals surface area contributed by atoms with Gasteiger partial charge in [-0.05, 0) is 42.0 Å². The molecule has 0 amide bonds. The van der Waals surface area contributed by atoms with Crippen LogP contribution in [-0.4, -0.2) is 33.8 Å². The third kappa shape index (κ3) is 2.67. The van der Waals surface area contributed by atoms with Gasteiger partial charge in [-0.2, -0.15) is 14.6 Å². The minimum atomic E-state index is 0.558.